The molecule has 0 atom stereocenters. The molecule has 0 saturated carbocycles. The van der Waals surface area contributed by atoms with Crippen LogP contribution in [0.15, 0.2) is 70.5 Å². The molecule has 0 aliphatic heterocycles. The number of anilines is 1. The van der Waals surface area contributed by atoms with Crippen molar-refractivity contribution in [2.45, 2.75) is 30.2 Å². The second-order valence-electron chi connectivity index (χ2n) is 5.54. The number of carbonyl (C=O) groups excluding carboxylic acids is 1. The van der Waals surface area contributed by atoms with Gasteiger partial charge in [-0.1, -0.05) is 42.1 Å². The minimum Gasteiger partial charge on any atom is -0.323 e. The third-order valence-corrected chi connectivity index (χ3v) is 4.61. The molecule has 1 heterocycles. The summed E-state index contributed by atoms with van der Waals surface area (Å²) in [6.45, 7) is 4.09. The maximum absolute atomic E-state index is 12.4. The van der Waals surface area contributed by atoms with E-state index in [1.54, 1.807) is 16.4 Å². The predicted molar refractivity (Wildman–Crippen MR) is 97.3 cm³/mol. The Bertz CT molecular complexity index is 843. The van der Waals surface area contributed by atoms with Crippen LogP contribution < -0.4 is 5.32 Å². The third-order valence-electron chi connectivity index (χ3n) is 3.53. The van der Waals surface area contributed by atoms with Crippen LogP contribution in [0.4, 0.5) is 5.69 Å². The molecule has 0 spiro atoms. The number of aryl methyl sites for hydroxylation is 2. The Hall–Kier alpha value is -2.53. The van der Waals surface area contributed by atoms with E-state index in [9.17, 15) is 4.79 Å². The lowest BCUT2D eigenvalue weighted by Crippen LogP contribution is -2.20. The molecule has 1 amide bonds. The van der Waals surface area contributed by atoms with Gasteiger partial charge >= 0.3 is 0 Å². The molecule has 122 valence electrons. The van der Waals surface area contributed by atoms with Gasteiger partial charge in [-0.25, -0.2) is 0 Å². The van der Waals surface area contributed by atoms with Gasteiger partial charge in [-0.15, -0.1) is 0 Å². The molecule has 2 aromatic carbocycles. The van der Waals surface area contributed by atoms with Gasteiger partial charge in [-0.05, 0) is 44.2 Å². The SMILES string of the molecule is Cc1cc(C)n(CC(=O)Nc2ccccc2Sc2ccccc2)n1. The molecule has 24 heavy (non-hydrogen) atoms. The lowest BCUT2D eigenvalue weighted by molar-refractivity contribution is -0.116. The molecule has 0 bridgehead atoms. The molecule has 0 saturated heterocycles. The minimum absolute atomic E-state index is 0.0812. The molecule has 1 N–H and O–H groups in total. The largest absolute Gasteiger partial charge is 0.323 e. The fourth-order valence-corrected chi connectivity index (χ4v) is 3.36. The zero-order valence-corrected chi connectivity index (χ0v) is 14.5. The van der Waals surface area contributed by atoms with Gasteiger partial charge in [-0.3, -0.25) is 9.48 Å². The van der Waals surface area contributed by atoms with Crippen molar-refractivity contribution in [2.75, 3.05) is 5.32 Å². The lowest BCUT2D eigenvalue weighted by Gasteiger charge is -2.11. The number of hydrogen-bond donors (Lipinski definition) is 1. The van der Waals surface area contributed by atoms with Crippen molar-refractivity contribution in [3.8, 4) is 0 Å². The number of amides is 1. The van der Waals surface area contributed by atoms with E-state index < -0.39 is 0 Å². The maximum Gasteiger partial charge on any atom is 0.246 e. The first-order valence-electron chi connectivity index (χ1n) is 7.74. The topological polar surface area (TPSA) is 46.9 Å². The first kappa shape index (κ1) is 16.3. The van der Waals surface area contributed by atoms with Gasteiger partial charge in [-0.2, -0.15) is 5.10 Å². The normalized spacial score (nSPS) is 10.6. The Balaban J connectivity index is 1.73. The summed E-state index contributed by atoms with van der Waals surface area (Å²) in [4.78, 5) is 14.5. The van der Waals surface area contributed by atoms with E-state index in [4.69, 9.17) is 0 Å². The van der Waals surface area contributed by atoms with Crippen molar-refractivity contribution >= 4 is 23.4 Å². The monoisotopic (exact) mass is 337 g/mol. The van der Waals surface area contributed by atoms with Crippen molar-refractivity contribution in [1.29, 1.82) is 0 Å². The van der Waals surface area contributed by atoms with E-state index in [1.165, 1.54) is 0 Å². The molecule has 3 aromatic rings. The number of benzene rings is 2. The highest BCUT2D eigenvalue weighted by Crippen LogP contribution is 2.33. The molecule has 5 heteroatoms. The van der Waals surface area contributed by atoms with Gasteiger partial charge in [0.1, 0.15) is 6.54 Å². The van der Waals surface area contributed by atoms with Gasteiger partial charge in [0.25, 0.3) is 0 Å². The van der Waals surface area contributed by atoms with E-state index in [0.29, 0.717) is 0 Å². The van der Waals surface area contributed by atoms with E-state index in [1.807, 2.05) is 62.4 Å². The first-order valence-corrected chi connectivity index (χ1v) is 8.56. The molecular formula is C19H19N3OS. The van der Waals surface area contributed by atoms with Crippen molar-refractivity contribution < 1.29 is 4.79 Å². The Morgan fingerprint density at radius 1 is 1.08 bits per heavy atom. The van der Waals surface area contributed by atoms with E-state index in [0.717, 1.165) is 26.9 Å². The summed E-state index contributed by atoms with van der Waals surface area (Å²) in [5.74, 6) is -0.0812. The minimum atomic E-state index is -0.0812. The number of carbonyl (C=O) groups is 1. The predicted octanol–water partition coefficient (Wildman–Crippen LogP) is 4.29. The highest BCUT2D eigenvalue weighted by molar-refractivity contribution is 7.99. The molecule has 0 unspecified atom stereocenters. The maximum atomic E-state index is 12.4. The highest BCUT2D eigenvalue weighted by Gasteiger charge is 2.10. The van der Waals surface area contributed by atoms with Gasteiger partial charge in [0, 0.05) is 15.5 Å². The molecule has 3 rings (SSSR count). The number of para-hydroxylation sites is 1. The Kier molecular flexibility index (Phi) is 5.01. The van der Waals surface area contributed by atoms with E-state index >= 15 is 0 Å². The van der Waals surface area contributed by atoms with Gasteiger partial charge in [0.15, 0.2) is 0 Å². The van der Waals surface area contributed by atoms with Gasteiger partial charge < -0.3 is 5.32 Å². The van der Waals surface area contributed by atoms with Crippen LogP contribution in [0.25, 0.3) is 0 Å². The Morgan fingerprint density at radius 3 is 2.50 bits per heavy atom. The first-order chi connectivity index (χ1) is 11.6. The van der Waals surface area contributed by atoms with Crippen molar-refractivity contribution in [3.05, 3.63) is 72.1 Å². The van der Waals surface area contributed by atoms with Crippen LogP contribution in [0.1, 0.15) is 11.4 Å². The standard InChI is InChI=1S/C19H19N3OS/c1-14-12-15(2)22(21-14)13-19(23)20-17-10-6-7-11-18(17)24-16-8-4-3-5-9-16/h3-12H,13H2,1-2H3,(H,20,23). The summed E-state index contributed by atoms with van der Waals surface area (Å²) in [5, 5.41) is 7.33. The number of aromatic nitrogens is 2. The van der Waals surface area contributed by atoms with E-state index in [2.05, 4.69) is 22.5 Å². The van der Waals surface area contributed by atoms with Crippen LogP contribution in [0.3, 0.4) is 0 Å². The summed E-state index contributed by atoms with van der Waals surface area (Å²) in [6, 6.07) is 19.9. The molecule has 0 fully saturated rings. The quantitative estimate of drug-likeness (QED) is 0.755. The molecule has 1 aromatic heterocycles. The fraction of sp³-hybridized carbons (Fsp3) is 0.158. The summed E-state index contributed by atoms with van der Waals surface area (Å²) in [5.41, 5.74) is 2.72. The summed E-state index contributed by atoms with van der Waals surface area (Å²) in [6.07, 6.45) is 0. The number of nitrogens with zero attached hydrogens (tertiary/aromatic N) is 2. The fourth-order valence-electron chi connectivity index (χ4n) is 2.44. The summed E-state index contributed by atoms with van der Waals surface area (Å²) < 4.78 is 1.72. The van der Waals surface area contributed by atoms with Crippen LogP contribution in [-0.4, -0.2) is 15.7 Å². The Morgan fingerprint density at radius 2 is 1.79 bits per heavy atom. The van der Waals surface area contributed by atoms with Crippen molar-refractivity contribution in [3.63, 3.8) is 0 Å². The number of nitrogens with one attached hydrogen (secondary N) is 1. The van der Waals surface area contributed by atoms with Crippen LogP contribution in [0.5, 0.6) is 0 Å². The molecule has 0 aliphatic carbocycles. The molecule has 0 radical (unpaired) electrons. The van der Waals surface area contributed by atoms with Crippen LogP contribution >= 0.6 is 11.8 Å². The summed E-state index contributed by atoms with van der Waals surface area (Å²) in [7, 11) is 0. The van der Waals surface area contributed by atoms with Crippen LogP contribution in [-0.2, 0) is 11.3 Å². The van der Waals surface area contributed by atoms with Crippen LogP contribution in [0.2, 0.25) is 0 Å². The van der Waals surface area contributed by atoms with Crippen molar-refractivity contribution in [1.82, 2.24) is 9.78 Å². The number of hydrogen-bond acceptors (Lipinski definition) is 3. The number of rotatable bonds is 5. The van der Waals surface area contributed by atoms with Crippen molar-refractivity contribution in [2.24, 2.45) is 0 Å². The zero-order chi connectivity index (χ0) is 16.9. The van der Waals surface area contributed by atoms with Crippen LogP contribution in [0, 0.1) is 13.8 Å². The molecule has 4 nitrogen and oxygen atoms in total. The smallest absolute Gasteiger partial charge is 0.246 e. The second-order valence-corrected chi connectivity index (χ2v) is 6.66. The second kappa shape index (κ2) is 7.36. The zero-order valence-electron chi connectivity index (χ0n) is 13.7. The van der Waals surface area contributed by atoms with E-state index in [-0.39, 0.29) is 12.5 Å². The third kappa shape index (κ3) is 4.06. The average molecular weight is 337 g/mol. The Labute approximate surface area is 145 Å². The molecule has 0 aliphatic rings. The highest BCUT2D eigenvalue weighted by atomic mass is 32.2. The lowest BCUT2D eigenvalue weighted by atomic mass is 10.3. The van der Waals surface area contributed by atoms with Gasteiger partial charge in [0.2, 0.25) is 5.91 Å². The average Bonchev–Trinajstić information content (AvgIpc) is 2.87. The molecular weight excluding hydrogens is 318 g/mol. The van der Waals surface area contributed by atoms with Gasteiger partial charge in [0.05, 0.1) is 11.4 Å². The summed E-state index contributed by atoms with van der Waals surface area (Å²) >= 11 is 1.63.